The molecule has 0 saturated carbocycles. The minimum absolute atomic E-state index is 0.194. The van der Waals surface area contributed by atoms with Gasteiger partial charge in [-0.25, -0.2) is 0 Å². The molecule has 2 saturated heterocycles. The van der Waals surface area contributed by atoms with Gasteiger partial charge in [-0.15, -0.1) is 0 Å². The second-order valence-corrected chi connectivity index (χ2v) is 7.72. The molecule has 8 N–H and O–H groups in total. The average Bonchev–Trinajstić information content (AvgIpc) is 2.79. The summed E-state index contributed by atoms with van der Waals surface area (Å²) in [6.07, 6.45) is -2.48. The molecule has 2 aliphatic rings. The summed E-state index contributed by atoms with van der Waals surface area (Å²) in [5.74, 6) is 0.00986. The van der Waals surface area contributed by atoms with Crippen LogP contribution in [-0.2, 0) is 14.3 Å². The molecule has 11 heteroatoms. The highest BCUT2D eigenvalue weighted by atomic mass is 16.7. The number of benzene rings is 1. The second-order valence-electron chi connectivity index (χ2n) is 7.72. The summed E-state index contributed by atoms with van der Waals surface area (Å²) in [4.78, 5) is 12.5. The molecule has 2 aliphatic heterocycles. The predicted octanol–water partition coefficient (Wildman–Crippen LogP) is -1.49. The molecule has 0 aromatic heterocycles. The van der Waals surface area contributed by atoms with Crippen molar-refractivity contribution >= 4 is 5.91 Å². The zero-order valence-electron chi connectivity index (χ0n) is 18.0. The van der Waals surface area contributed by atoms with E-state index < -0.39 is 48.9 Å². The van der Waals surface area contributed by atoms with Crippen LogP contribution in [0.2, 0.25) is 0 Å². The number of carbonyl (C=O) groups excluding carboxylic acids is 1. The molecule has 7 atom stereocenters. The number of aliphatic hydroxyl groups is 5. The number of hydrogen-bond donors (Lipinski definition) is 7. The van der Waals surface area contributed by atoms with E-state index >= 15 is 0 Å². The van der Waals surface area contributed by atoms with E-state index in [0.29, 0.717) is 30.6 Å². The van der Waals surface area contributed by atoms with Crippen molar-refractivity contribution in [1.29, 1.82) is 0 Å². The fourth-order valence-electron chi connectivity index (χ4n) is 3.65. The van der Waals surface area contributed by atoms with Crippen LogP contribution in [0, 0.1) is 0 Å². The van der Waals surface area contributed by atoms with Crippen LogP contribution in [0.1, 0.15) is 37.3 Å². The van der Waals surface area contributed by atoms with Crippen molar-refractivity contribution in [3.63, 3.8) is 0 Å². The molecule has 0 radical (unpaired) electrons. The van der Waals surface area contributed by atoms with Crippen LogP contribution in [0.5, 0.6) is 5.75 Å². The zero-order valence-corrected chi connectivity index (χ0v) is 18.0. The van der Waals surface area contributed by atoms with E-state index in [4.69, 9.17) is 25.1 Å². The molecule has 4 unspecified atom stereocenters. The minimum atomic E-state index is -0.958. The Morgan fingerprint density at radius 3 is 2.19 bits per heavy atom. The van der Waals surface area contributed by atoms with E-state index in [-0.39, 0.29) is 19.6 Å². The molecule has 11 nitrogen and oxygen atoms in total. The number of nitrogens with two attached hydrogens (primary N) is 1. The third kappa shape index (κ3) is 7.64. The normalized spacial score (nSPS) is 31.1. The number of carbonyl (C=O) groups is 1. The molecule has 2 heterocycles. The second kappa shape index (κ2) is 13.0. The SMILES string of the molecule is CO.NC(C(=O)NC1C[C@@H](O)CC(CO)O1)c1ccc(O[C@H]2C[C@@H](O)CC(CO)O2)cc1. The van der Waals surface area contributed by atoms with Crippen molar-refractivity contribution in [3.05, 3.63) is 29.8 Å². The first-order chi connectivity index (χ1) is 15.4. The number of aliphatic hydroxyl groups excluding tert-OH is 5. The van der Waals surface area contributed by atoms with Crippen LogP contribution >= 0.6 is 0 Å². The Morgan fingerprint density at radius 1 is 1.03 bits per heavy atom. The maximum atomic E-state index is 12.5. The number of ether oxygens (including phenoxy) is 3. The van der Waals surface area contributed by atoms with Crippen molar-refractivity contribution in [1.82, 2.24) is 5.32 Å². The van der Waals surface area contributed by atoms with Crippen molar-refractivity contribution in [2.75, 3.05) is 20.3 Å². The van der Waals surface area contributed by atoms with Crippen LogP contribution < -0.4 is 15.8 Å². The highest BCUT2D eigenvalue weighted by molar-refractivity contribution is 5.83. The van der Waals surface area contributed by atoms with Gasteiger partial charge in [0.25, 0.3) is 0 Å². The molecule has 1 amide bonds. The van der Waals surface area contributed by atoms with Gasteiger partial charge in [0, 0.05) is 32.8 Å². The van der Waals surface area contributed by atoms with Gasteiger partial charge in [-0.05, 0) is 17.7 Å². The number of rotatable bonds is 7. The Hall–Kier alpha value is -1.83. The summed E-state index contributed by atoms with van der Waals surface area (Å²) in [5.41, 5.74) is 6.59. The van der Waals surface area contributed by atoms with E-state index in [0.717, 1.165) is 7.11 Å². The lowest BCUT2D eigenvalue weighted by molar-refractivity contribution is -0.184. The summed E-state index contributed by atoms with van der Waals surface area (Å²) in [7, 11) is 1.00. The first-order valence-corrected chi connectivity index (χ1v) is 10.5. The first kappa shape index (κ1) is 26.4. The number of nitrogens with one attached hydrogen (secondary N) is 1. The predicted molar refractivity (Wildman–Crippen MR) is 112 cm³/mol. The van der Waals surface area contributed by atoms with Gasteiger partial charge < -0.3 is 50.8 Å². The van der Waals surface area contributed by atoms with Crippen LogP contribution in [0.3, 0.4) is 0 Å². The van der Waals surface area contributed by atoms with Gasteiger partial charge in [0.05, 0.1) is 37.6 Å². The van der Waals surface area contributed by atoms with Crippen LogP contribution in [-0.4, -0.2) is 88.7 Å². The van der Waals surface area contributed by atoms with Crippen LogP contribution in [0.4, 0.5) is 0 Å². The molecule has 3 rings (SSSR count). The molecule has 1 aromatic carbocycles. The molecule has 0 bridgehead atoms. The fraction of sp³-hybridized carbons (Fsp3) is 0.667. The third-order valence-corrected chi connectivity index (χ3v) is 5.22. The molecule has 0 aliphatic carbocycles. The number of hydrogen-bond acceptors (Lipinski definition) is 10. The largest absolute Gasteiger partial charge is 0.465 e. The van der Waals surface area contributed by atoms with Gasteiger partial charge in [-0.3, -0.25) is 4.79 Å². The molecule has 182 valence electrons. The van der Waals surface area contributed by atoms with Crippen LogP contribution in [0.25, 0.3) is 0 Å². The molecule has 1 aromatic rings. The smallest absolute Gasteiger partial charge is 0.243 e. The third-order valence-electron chi connectivity index (χ3n) is 5.22. The summed E-state index contributed by atoms with van der Waals surface area (Å²) < 4.78 is 16.8. The van der Waals surface area contributed by atoms with Gasteiger partial charge >= 0.3 is 0 Å². The average molecular weight is 459 g/mol. The van der Waals surface area contributed by atoms with Gasteiger partial charge in [-0.1, -0.05) is 12.1 Å². The van der Waals surface area contributed by atoms with Crippen molar-refractivity contribution < 1.29 is 44.5 Å². The fourth-order valence-corrected chi connectivity index (χ4v) is 3.65. The Balaban J connectivity index is 0.00000176. The Bertz CT molecular complexity index is 690. The summed E-state index contributed by atoms with van der Waals surface area (Å²) in [6.45, 7) is -0.432. The van der Waals surface area contributed by atoms with Crippen molar-refractivity contribution in [2.24, 2.45) is 5.73 Å². The van der Waals surface area contributed by atoms with E-state index in [1.807, 2.05) is 0 Å². The number of amides is 1. The van der Waals surface area contributed by atoms with Crippen molar-refractivity contribution in [3.8, 4) is 5.75 Å². The van der Waals surface area contributed by atoms with E-state index in [2.05, 4.69) is 5.32 Å². The highest BCUT2D eigenvalue weighted by Gasteiger charge is 2.31. The molecule has 2 fully saturated rings. The van der Waals surface area contributed by atoms with Crippen molar-refractivity contribution in [2.45, 2.75) is 68.7 Å². The minimum Gasteiger partial charge on any atom is -0.465 e. The lowest BCUT2D eigenvalue weighted by Crippen LogP contribution is -2.49. The summed E-state index contributed by atoms with van der Waals surface area (Å²) in [6, 6.07) is 5.62. The van der Waals surface area contributed by atoms with E-state index in [1.54, 1.807) is 24.3 Å². The maximum absolute atomic E-state index is 12.5. The summed E-state index contributed by atoms with van der Waals surface area (Å²) >= 11 is 0. The molecular weight excluding hydrogens is 424 g/mol. The lowest BCUT2D eigenvalue weighted by atomic mass is 10.0. The van der Waals surface area contributed by atoms with Gasteiger partial charge in [0.1, 0.15) is 18.0 Å². The Morgan fingerprint density at radius 2 is 1.59 bits per heavy atom. The van der Waals surface area contributed by atoms with Crippen LogP contribution in [0.15, 0.2) is 24.3 Å². The van der Waals surface area contributed by atoms with Gasteiger partial charge in [0.15, 0.2) is 0 Å². The molecule has 32 heavy (non-hydrogen) atoms. The first-order valence-electron chi connectivity index (χ1n) is 10.5. The Kier molecular flexibility index (Phi) is 10.7. The topological polar surface area (TPSA) is 184 Å². The van der Waals surface area contributed by atoms with Gasteiger partial charge in [0.2, 0.25) is 12.2 Å². The van der Waals surface area contributed by atoms with E-state index in [1.165, 1.54) is 0 Å². The standard InChI is InChI=1S/C20H30N2O8.CH4O/c21-19(20(27)22-17-7-12(25)5-15(9-23)28-17)11-1-3-14(4-2-11)29-18-8-13(26)6-16(10-24)30-18;1-2/h1-4,12-13,15-19,23-26H,5-10,21H2,(H,22,27);2H,1H3/t12-,13-,15?,16?,17?,18+,19?;/m0./s1. The Labute approximate surface area is 186 Å². The maximum Gasteiger partial charge on any atom is 0.243 e. The highest BCUT2D eigenvalue weighted by Crippen LogP contribution is 2.25. The van der Waals surface area contributed by atoms with E-state index in [9.17, 15) is 25.2 Å². The monoisotopic (exact) mass is 458 g/mol. The zero-order chi connectivity index (χ0) is 23.7. The summed E-state index contributed by atoms with van der Waals surface area (Å²) in [5, 5.41) is 47.8. The lowest BCUT2D eigenvalue weighted by Gasteiger charge is -2.33. The quantitative estimate of drug-likeness (QED) is 0.254. The molecule has 0 spiro atoms. The van der Waals surface area contributed by atoms with Gasteiger partial charge in [-0.2, -0.15) is 0 Å². The molecular formula is C21H34N2O9.